The van der Waals surface area contributed by atoms with E-state index in [2.05, 4.69) is 5.32 Å². The highest BCUT2D eigenvalue weighted by molar-refractivity contribution is 6.30. The van der Waals surface area contributed by atoms with Gasteiger partial charge in [-0.1, -0.05) is 23.7 Å². The zero-order chi connectivity index (χ0) is 15.2. The Hall–Kier alpha value is -1.55. The Morgan fingerprint density at radius 1 is 1.20 bits per heavy atom. The number of Topliss-reactive ketones (excluding diaryl/α,β-unsaturated/α-hetero) is 1. The van der Waals surface area contributed by atoms with Gasteiger partial charge in [-0.25, -0.2) is 4.79 Å². The molecule has 0 heterocycles. The van der Waals surface area contributed by atoms with Gasteiger partial charge >= 0.3 is 6.09 Å². The van der Waals surface area contributed by atoms with Crippen molar-refractivity contribution in [2.45, 2.75) is 39.2 Å². The van der Waals surface area contributed by atoms with Crippen LogP contribution in [-0.2, 0) is 16.0 Å². The molecule has 0 fully saturated rings. The molecular weight excluding hydrogens is 278 g/mol. The quantitative estimate of drug-likeness (QED) is 0.906. The number of amides is 1. The van der Waals surface area contributed by atoms with Gasteiger partial charge in [0.15, 0.2) is 5.78 Å². The summed E-state index contributed by atoms with van der Waals surface area (Å²) in [5, 5.41) is 3.13. The fraction of sp³-hybridized carbons (Fsp3) is 0.467. The van der Waals surface area contributed by atoms with Crippen molar-refractivity contribution < 1.29 is 14.3 Å². The minimum atomic E-state index is -0.572. The molecule has 1 rings (SSSR count). The molecule has 1 aromatic carbocycles. The van der Waals surface area contributed by atoms with Crippen molar-refractivity contribution >= 4 is 23.5 Å². The molecule has 0 unspecified atom stereocenters. The van der Waals surface area contributed by atoms with E-state index < -0.39 is 11.7 Å². The third-order valence-corrected chi connectivity index (χ3v) is 2.69. The summed E-state index contributed by atoms with van der Waals surface area (Å²) in [6.07, 6.45) is 0.431. The summed E-state index contributed by atoms with van der Waals surface area (Å²) in [6.45, 7) is 5.31. The van der Waals surface area contributed by atoms with Crippen LogP contribution in [0.4, 0.5) is 4.79 Å². The highest BCUT2D eigenvalue weighted by atomic mass is 35.5. The van der Waals surface area contributed by atoms with Gasteiger partial charge in [0.2, 0.25) is 0 Å². The standard InChI is InChI=1S/C15H20ClNO3/c1-15(2,3)20-14(19)17-10-13(18)9-6-11-4-7-12(16)8-5-11/h4-5,7-8H,6,9-10H2,1-3H3,(H,17,19). The van der Waals surface area contributed by atoms with E-state index in [1.165, 1.54) is 0 Å². The van der Waals surface area contributed by atoms with E-state index in [1.807, 2.05) is 12.1 Å². The topological polar surface area (TPSA) is 55.4 Å². The third-order valence-electron chi connectivity index (χ3n) is 2.43. The van der Waals surface area contributed by atoms with Gasteiger partial charge in [0.1, 0.15) is 5.60 Å². The second-order valence-corrected chi connectivity index (χ2v) is 5.96. The zero-order valence-corrected chi connectivity index (χ0v) is 12.8. The first-order valence-corrected chi connectivity index (χ1v) is 6.87. The Morgan fingerprint density at radius 3 is 2.35 bits per heavy atom. The fourth-order valence-electron chi connectivity index (χ4n) is 1.51. The molecule has 1 aromatic rings. The lowest BCUT2D eigenvalue weighted by Crippen LogP contribution is -2.35. The van der Waals surface area contributed by atoms with Gasteiger partial charge in [-0.2, -0.15) is 0 Å². The number of halogens is 1. The molecule has 0 radical (unpaired) electrons. The molecule has 110 valence electrons. The molecule has 0 bridgehead atoms. The molecule has 0 aliphatic carbocycles. The molecule has 0 atom stereocenters. The van der Waals surface area contributed by atoms with Gasteiger partial charge in [-0.15, -0.1) is 0 Å². The van der Waals surface area contributed by atoms with Crippen LogP contribution in [0.15, 0.2) is 24.3 Å². The highest BCUT2D eigenvalue weighted by Gasteiger charge is 2.16. The predicted octanol–water partition coefficient (Wildman–Crippen LogP) is 3.37. The monoisotopic (exact) mass is 297 g/mol. The van der Waals surface area contributed by atoms with Crippen LogP contribution in [0, 0.1) is 0 Å². The number of ether oxygens (including phenoxy) is 1. The van der Waals surface area contributed by atoms with Crippen LogP contribution in [0.25, 0.3) is 0 Å². The Kier molecular flexibility index (Phi) is 6.02. The average molecular weight is 298 g/mol. The van der Waals surface area contributed by atoms with Crippen molar-refractivity contribution in [3.8, 4) is 0 Å². The predicted molar refractivity (Wildman–Crippen MR) is 79.0 cm³/mol. The number of nitrogens with one attached hydrogen (secondary N) is 1. The summed E-state index contributed by atoms with van der Waals surface area (Å²) >= 11 is 5.78. The van der Waals surface area contributed by atoms with Crippen LogP contribution in [0.5, 0.6) is 0 Å². The van der Waals surface area contributed by atoms with Crippen molar-refractivity contribution in [2.75, 3.05) is 6.54 Å². The SMILES string of the molecule is CC(C)(C)OC(=O)NCC(=O)CCc1ccc(Cl)cc1. The molecule has 0 spiro atoms. The number of carbonyl (C=O) groups excluding carboxylic acids is 2. The maximum Gasteiger partial charge on any atom is 0.408 e. The van der Waals surface area contributed by atoms with E-state index in [1.54, 1.807) is 32.9 Å². The van der Waals surface area contributed by atoms with Crippen LogP contribution in [0.2, 0.25) is 5.02 Å². The van der Waals surface area contributed by atoms with Crippen LogP contribution in [0.1, 0.15) is 32.8 Å². The van der Waals surface area contributed by atoms with Gasteiger partial charge in [0.05, 0.1) is 6.54 Å². The first-order chi connectivity index (χ1) is 9.26. The molecule has 4 nitrogen and oxygen atoms in total. The summed E-state index contributed by atoms with van der Waals surface area (Å²) < 4.78 is 5.05. The van der Waals surface area contributed by atoms with E-state index in [4.69, 9.17) is 16.3 Å². The summed E-state index contributed by atoms with van der Waals surface area (Å²) in [5.41, 5.74) is 0.483. The van der Waals surface area contributed by atoms with Crippen molar-refractivity contribution in [2.24, 2.45) is 0 Å². The molecule has 0 aliphatic rings. The first kappa shape index (κ1) is 16.5. The van der Waals surface area contributed by atoms with Crippen molar-refractivity contribution in [1.82, 2.24) is 5.32 Å². The smallest absolute Gasteiger partial charge is 0.408 e. The second kappa shape index (κ2) is 7.29. The van der Waals surface area contributed by atoms with E-state index in [-0.39, 0.29) is 12.3 Å². The molecule has 1 N–H and O–H groups in total. The summed E-state index contributed by atoms with van der Waals surface area (Å²) in [5.74, 6) is -0.0363. The molecule has 1 amide bonds. The highest BCUT2D eigenvalue weighted by Crippen LogP contribution is 2.11. The van der Waals surface area contributed by atoms with Crippen molar-refractivity contribution in [3.05, 3.63) is 34.9 Å². The van der Waals surface area contributed by atoms with Crippen LogP contribution < -0.4 is 5.32 Å². The second-order valence-electron chi connectivity index (χ2n) is 5.52. The fourth-order valence-corrected chi connectivity index (χ4v) is 1.63. The number of hydrogen-bond acceptors (Lipinski definition) is 3. The average Bonchev–Trinajstić information content (AvgIpc) is 2.33. The normalized spacial score (nSPS) is 11.0. The number of alkyl carbamates (subject to hydrolysis) is 1. The van der Waals surface area contributed by atoms with E-state index in [0.717, 1.165) is 5.56 Å². The number of rotatable bonds is 5. The number of hydrogen-bond donors (Lipinski definition) is 1. The lowest BCUT2D eigenvalue weighted by atomic mass is 10.1. The van der Waals surface area contributed by atoms with Gasteiger partial charge in [-0.05, 0) is 44.9 Å². The lowest BCUT2D eigenvalue weighted by Gasteiger charge is -2.19. The van der Waals surface area contributed by atoms with Crippen LogP contribution >= 0.6 is 11.6 Å². The summed E-state index contributed by atoms with van der Waals surface area (Å²) in [4.78, 5) is 23.0. The minimum Gasteiger partial charge on any atom is -0.444 e. The Bertz CT molecular complexity index is 463. The molecule has 0 aromatic heterocycles. The molecular formula is C15H20ClNO3. The van der Waals surface area contributed by atoms with Crippen LogP contribution in [-0.4, -0.2) is 24.0 Å². The molecule has 20 heavy (non-hydrogen) atoms. The number of ketones is 1. The van der Waals surface area contributed by atoms with Gasteiger partial charge in [-0.3, -0.25) is 4.79 Å². The number of aryl methyl sites for hydroxylation is 1. The van der Waals surface area contributed by atoms with Crippen LogP contribution in [0.3, 0.4) is 0 Å². The Labute approximate surface area is 124 Å². The molecule has 5 heteroatoms. The molecule has 0 aliphatic heterocycles. The van der Waals surface area contributed by atoms with E-state index >= 15 is 0 Å². The van der Waals surface area contributed by atoms with Gasteiger partial charge in [0.25, 0.3) is 0 Å². The largest absolute Gasteiger partial charge is 0.444 e. The third kappa shape index (κ3) is 7.14. The number of carbonyl (C=O) groups is 2. The van der Waals surface area contributed by atoms with Gasteiger partial charge in [0, 0.05) is 11.4 Å². The molecule has 0 saturated heterocycles. The summed E-state index contributed by atoms with van der Waals surface area (Å²) in [6, 6.07) is 7.36. The van der Waals surface area contributed by atoms with E-state index in [9.17, 15) is 9.59 Å². The first-order valence-electron chi connectivity index (χ1n) is 6.49. The maximum atomic E-state index is 11.7. The lowest BCUT2D eigenvalue weighted by molar-refractivity contribution is -0.118. The Balaban J connectivity index is 2.27. The minimum absolute atomic E-state index is 0.0114. The van der Waals surface area contributed by atoms with E-state index in [0.29, 0.717) is 17.9 Å². The van der Waals surface area contributed by atoms with Crippen molar-refractivity contribution in [3.63, 3.8) is 0 Å². The van der Waals surface area contributed by atoms with Crippen molar-refractivity contribution in [1.29, 1.82) is 0 Å². The Morgan fingerprint density at radius 2 is 1.80 bits per heavy atom. The summed E-state index contributed by atoms with van der Waals surface area (Å²) in [7, 11) is 0. The molecule has 0 saturated carbocycles. The zero-order valence-electron chi connectivity index (χ0n) is 12.0. The van der Waals surface area contributed by atoms with Gasteiger partial charge < -0.3 is 10.1 Å². The maximum absolute atomic E-state index is 11.7. The number of benzene rings is 1.